The number of anilines is 1. The number of halogens is 1. The predicted octanol–water partition coefficient (Wildman–Crippen LogP) is 3.33. The Labute approximate surface area is 131 Å². The number of carbonyl (C=O) groups is 2. The molecule has 0 bridgehead atoms. The summed E-state index contributed by atoms with van der Waals surface area (Å²) in [6.07, 6.45) is 0. The molecule has 114 valence electrons. The van der Waals surface area contributed by atoms with Crippen molar-refractivity contribution in [3.63, 3.8) is 0 Å². The molecule has 0 atom stereocenters. The average molecular weight is 308 g/mol. The van der Waals surface area contributed by atoms with E-state index in [2.05, 4.69) is 5.32 Å². The van der Waals surface area contributed by atoms with Crippen LogP contribution in [0.4, 0.5) is 10.1 Å². The molecule has 23 heavy (non-hydrogen) atoms. The SMILES string of the molecule is NC(=O)c1cc(NC(=O)c2cccc3ccccc23)ccc1F. The lowest BCUT2D eigenvalue weighted by Gasteiger charge is -2.09. The third-order valence-electron chi connectivity index (χ3n) is 3.52. The first kappa shape index (κ1) is 14.7. The standard InChI is InChI=1S/C18H13FN2O2/c19-16-9-8-12(10-15(16)17(20)22)21-18(23)14-7-3-5-11-4-1-2-6-13(11)14/h1-10H,(H2,20,22)(H,21,23). The number of hydrogen-bond donors (Lipinski definition) is 2. The minimum atomic E-state index is -0.885. The molecule has 0 unspecified atom stereocenters. The first-order chi connectivity index (χ1) is 11.1. The van der Waals surface area contributed by atoms with Crippen LogP contribution < -0.4 is 11.1 Å². The Morgan fingerprint density at radius 3 is 2.43 bits per heavy atom. The van der Waals surface area contributed by atoms with E-state index in [1.807, 2.05) is 30.3 Å². The van der Waals surface area contributed by atoms with Gasteiger partial charge in [-0.2, -0.15) is 0 Å². The smallest absolute Gasteiger partial charge is 0.256 e. The molecule has 5 heteroatoms. The Morgan fingerprint density at radius 1 is 0.913 bits per heavy atom. The maximum Gasteiger partial charge on any atom is 0.256 e. The van der Waals surface area contributed by atoms with Gasteiger partial charge in [0.05, 0.1) is 5.56 Å². The highest BCUT2D eigenvalue weighted by Gasteiger charge is 2.13. The first-order valence-corrected chi connectivity index (χ1v) is 6.95. The molecule has 0 spiro atoms. The van der Waals surface area contributed by atoms with Crippen molar-refractivity contribution < 1.29 is 14.0 Å². The number of amides is 2. The van der Waals surface area contributed by atoms with Crippen LogP contribution in [0, 0.1) is 5.82 Å². The highest BCUT2D eigenvalue weighted by molar-refractivity contribution is 6.13. The van der Waals surface area contributed by atoms with Crippen molar-refractivity contribution >= 4 is 28.3 Å². The van der Waals surface area contributed by atoms with E-state index in [-0.39, 0.29) is 11.5 Å². The summed E-state index contributed by atoms with van der Waals surface area (Å²) in [5.74, 6) is -1.95. The molecule has 3 N–H and O–H groups in total. The zero-order chi connectivity index (χ0) is 16.4. The van der Waals surface area contributed by atoms with Crippen LogP contribution in [0.2, 0.25) is 0 Å². The quantitative estimate of drug-likeness (QED) is 0.779. The molecule has 0 fully saturated rings. The van der Waals surface area contributed by atoms with Crippen molar-refractivity contribution in [2.45, 2.75) is 0 Å². The number of nitrogens with one attached hydrogen (secondary N) is 1. The van der Waals surface area contributed by atoms with Gasteiger partial charge in [-0.15, -0.1) is 0 Å². The van der Waals surface area contributed by atoms with Crippen molar-refractivity contribution in [3.05, 3.63) is 77.6 Å². The largest absolute Gasteiger partial charge is 0.366 e. The van der Waals surface area contributed by atoms with Crippen molar-refractivity contribution in [3.8, 4) is 0 Å². The summed E-state index contributed by atoms with van der Waals surface area (Å²) in [4.78, 5) is 23.6. The molecular formula is C18H13FN2O2. The summed E-state index contributed by atoms with van der Waals surface area (Å²) in [6, 6.07) is 16.6. The molecule has 0 radical (unpaired) electrons. The average Bonchev–Trinajstić information content (AvgIpc) is 2.55. The molecule has 3 aromatic rings. The van der Waals surface area contributed by atoms with Gasteiger partial charge in [0.1, 0.15) is 5.82 Å². The van der Waals surface area contributed by atoms with Crippen molar-refractivity contribution in [2.75, 3.05) is 5.32 Å². The van der Waals surface area contributed by atoms with Crippen LogP contribution in [0.3, 0.4) is 0 Å². The lowest BCUT2D eigenvalue weighted by atomic mass is 10.0. The van der Waals surface area contributed by atoms with Gasteiger partial charge in [-0.05, 0) is 35.0 Å². The van der Waals surface area contributed by atoms with Gasteiger partial charge in [0.15, 0.2) is 0 Å². The molecule has 3 aromatic carbocycles. The Kier molecular flexibility index (Phi) is 3.76. The molecule has 4 nitrogen and oxygen atoms in total. The summed E-state index contributed by atoms with van der Waals surface area (Å²) < 4.78 is 13.5. The molecule has 0 aliphatic carbocycles. The maximum atomic E-state index is 13.5. The highest BCUT2D eigenvalue weighted by atomic mass is 19.1. The molecule has 2 amide bonds. The number of primary amides is 1. The van der Waals surface area contributed by atoms with Crippen molar-refractivity contribution in [1.82, 2.24) is 0 Å². The second-order valence-electron chi connectivity index (χ2n) is 5.04. The maximum absolute atomic E-state index is 13.5. The third kappa shape index (κ3) is 2.89. The summed E-state index contributed by atoms with van der Waals surface area (Å²) in [7, 11) is 0. The molecule has 0 heterocycles. The molecule has 0 aliphatic rings. The van der Waals surface area contributed by atoms with E-state index in [9.17, 15) is 14.0 Å². The summed E-state index contributed by atoms with van der Waals surface area (Å²) in [5, 5.41) is 4.41. The van der Waals surface area contributed by atoms with Gasteiger partial charge in [-0.3, -0.25) is 9.59 Å². The lowest BCUT2D eigenvalue weighted by Crippen LogP contribution is -2.16. The monoisotopic (exact) mass is 308 g/mol. The van der Waals surface area contributed by atoms with Gasteiger partial charge in [0.25, 0.3) is 11.8 Å². The zero-order valence-electron chi connectivity index (χ0n) is 12.0. The van der Waals surface area contributed by atoms with Crippen LogP contribution in [0.15, 0.2) is 60.7 Å². The van der Waals surface area contributed by atoms with Crippen LogP contribution >= 0.6 is 0 Å². The number of rotatable bonds is 3. The number of benzene rings is 3. The van der Waals surface area contributed by atoms with Gasteiger partial charge < -0.3 is 11.1 Å². The Morgan fingerprint density at radius 2 is 1.65 bits per heavy atom. The minimum Gasteiger partial charge on any atom is -0.366 e. The van der Waals surface area contributed by atoms with Gasteiger partial charge in [0.2, 0.25) is 0 Å². The van der Waals surface area contributed by atoms with E-state index in [1.165, 1.54) is 12.1 Å². The fourth-order valence-corrected chi connectivity index (χ4v) is 2.41. The molecule has 3 rings (SSSR count). The zero-order valence-corrected chi connectivity index (χ0v) is 12.0. The van der Waals surface area contributed by atoms with Crippen molar-refractivity contribution in [2.24, 2.45) is 5.73 Å². The summed E-state index contributed by atoms with van der Waals surface area (Å²) in [5.41, 5.74) is 5.64. The summed E-state index contributed by atoms with van der Waals surface area (Å²) in [6.45, 7) is 0. The number of carbonyl (C=O) groups excluding carboxylic acids is 2. The van der Waals surface area contributed by atoms with E-state index in [0.29, 0.717) is 11.3 Å². The predicted molar refractivity (Wildman–Crippen MR) is 86.8 cm³/mol. The first-order valence-electron chi connectivity index (χ1n) is 6.95. The third-order valence-corrected chi connectivity index (χ3v) is 3.52. The van der Waals surface area contributed by atoms with E-state index < -0.39 is 11.7 Å². The molecule has 0 saturated heterocycles. The second-order valence-corrected chi connectivity index (χ2v) is 5.04. The summed E-state index contributed by atoms with van der Waals surface area (Å²) >= 11 is 0. The topological polar surface area (TPSA) is 72.2 Å². The van der Waals surface area contributed by atoms with Crippen LogP contribution in [0.1, 0.15) is 20.7 Å². The minimum absolute atomic E-state index is 0.263. The lowest BCUT2D eigenvalue weighted by molar-refractivity contribution is 0.0992. The highest BCUT2D eigenvalue weighted by Crippen LogP contribution is 2.21. The Balaban J connectivity index is 1.95. The van der Waals surface area contributed by atoms with Crippen LogP contribution in [-0.4, -0.2) is 11.8 Å². The van der Waals surface area contributed by atoms with Gasteiger partial charge in [-0.25, -0.2) is 4.39 Å². The normalized spacial score (nSPS) is 10.5. The van der Waals surface area contributed by atoms with E-state index in [0.717, 1.165) is 16.8 Å². The number of fused-ring (bicyclic) bond motifs is 1. The molecule has 0 aromatic heterocycles. The van der Waals surface area contributed by atoms with Crippen LogP contribution in [0.25, 0.3) is 10.8 Å². The number of nitrogens with two attached hydrogens (primary N) is 1. The van der Waals surface area contributed by atoms with Crippen molar-refractivity contribution in [1.29, 1.82) is 0 Å². The van der Waals surface area contributed by atoms with Crippen LogP contribution in [-0.2, 0) is 0 Å². The Hall–Kier alpha value is -3.21. The molecule has 0 saturated carbocycles. The van der Waals surface area contributed by atoms with Gasteiger partial charge in [0, 0.05) is 11.3 Å². The molecule has 0 aliphatic heterocycles. The number of hydrogen-bond acceptors (Lipinski definition) is 2. The second kappa shape index (κ2) is 5.88. The fraction of sp³-hybridized carbons (Fsp3) is 0. The van der Waals surface area contributed by atoms with Gasteiger partial charge in [-0.1, -0.05) is 36.4 Å². The van der Waals surface area contributed by atoms with E-state index in [4.69, 9.17) is 5.73 Å². The fourth-order valence-electron chi connectivity index (χ4n) is 2.41. The van der Waals surface area contributed by atoms with E-state index in [1.54, 1.807) is 12.1 Å². The van der Waals surface area contributed by atoms with Gasteiger partial charge >= 0.3 is 0 Å². The Bertz CT molecular complexity index is 917. The van der Waals surface area contributed by atoms with E-state index >= 15 is 0 Å². The van der Waals surface area contributed by atoms with Crippen LogP contribution in [0.5, 0.6) is 0 Å². The molecular weight excluding hydrogens is 295 g/mol.